The van der Waals surface area contributed by atoms with E-state index < -0.39 is 35.5 Å². The number of fused-ring (bicyclic) bond motifs is 1. The summed E-state index contributed by atoms with van der Waals surface area (Å²) in [5, 5.41) is 17.4. The third-order valence-corrected chi connectivity index (χ3v) is 9.31. The SMILES string of the molecule is CC1(C)NC(=O)[C@H](CCCCCSSCCO)NC(=O)[C@H]2CCCN2C(=O)[C@H](Cc2ccccc2)NC1=O. The highest BCUT2D eigenvalue weighted by Crippen LogP contribution is 2.23. The fourth-order valence-corrected chi connectivity index (χ4v) is 6.64. The zero-order chi connectivity index (χ0) is 27.5. The minimum Gasteiger partial charge on any atom is -0.395 e. The summed E-state index contributed by atoms with van der Waals surface area (Å²) < 4.78 is 0. The van der Waals surface area contributed by atoms with Gasteiger partial charge in [-0.2, -0.15) is 0 Å². The second-order valence-corrected chi connectivity index (χ2v) is 13.0. The van der Waals surface area contributed by atoms with Crippen LogP contribution in [-0.2, 0) is 25.6 Å². The maximum atomic E-state index is 13.7. The number of amides is 4. The summed E-state index contributed by atoms with van der Waals surface area (Å²) in [6.45, 7) is 3.81. The molecule has 0 bridgehead atoms. The largest absolute Gasteiger partial charge is 0.395 e. The second-order valence-electron chi connectivity index (χ2n) is 10.3. The summed E-state index contributed by atoms with van der Waals surface area (Å²) in [4.78, 5) is 55.2. The summed E-state index contributed by atoms with van der Waals surface area (Å²) in [7, 11) is 3.35. The molecule has 210 valence electrons. The highest BCUT2D eigenvalue weighted by atomic mass is 33.1. The Hall–Kier alpha value is -2.24. The average molecular weight is 565 g/mol. The minimum atomic E-state index is -1.28. The van der Waals surface area contributed by atoms with Crippen LogP contribution in [0.4, 0.5) is 0 Å². The lowest BCUT2D eigenvalue weighted by atomic mass is 9.98. The van der Waals surface area contributed by atoms with Gasteiger partial charge in [-0.1, -0.05) is 64.8 Å². The van der Waals surface area contributed by atoms with Crippen molar-refractivity contribution in [1.82, 2.24) is 20.9 Å². The molecule has 11 heteroatoms. The Balaban J connectivity index is 1.73. The van der Waals surface area contributed by atoms with Gasteiger partial charge in [-0.15, -0.1) is 0 Å². The maximum Gasteiger partial charge on any atom is 0.246 e. The standard InChI is InChI=1S/C27H40N4O5S2/c1-27(2)26(36)29-21(18-19-10-5-3-6-11-19)25(35)31-14-9-13-22(31)24(34)28-20(23(33)30-27)12-7-4-8-16-37-38-17-15-32/h3,5-6,10-11,20-22,32H,4,7-9,12-18H2,1-2H3,(H,28,34)(H,29,36)(H,30,33)/t20-,21-,22+/m0/s1. The van der Waals surface area contributed by atoms with E-state index in [1.807, 2.05) is 30.3 Å². The van der Waals surface area contributed by atoms with Crippen LogP contribution in [-0.4, -0.2) is 82.0 Å². The predicted molar refractivity (Wildman–Crippen MR) is 151 cm³/mol. The Morgan fingerprint density at radius 3 is 2.42 bits per heavy atom. The lowest BCUT2D eigenvalue weighted by Crippen LogP contribution is -2.64. The number of nitrogens with one attached hydrogen (secondary N) is 3. The van der Waals surface area contributed by atoms with Gasteiger partial charge in [-0.05, 0) is 45.1 Å². The molecule has 2 aliphatic heterocycles. The van der Waals surface area contributed by atoms with Crippen molar-refractivity contribution < 1.29 is 24.3 Å². The maximum absolute atomic E-state index is 13.7. The van der Waals surface area contributed by atoms with Crippen LogP contribution >= 0.6 is 21.6 Å². The summed E-state index contributed by atoms with van der Waals surface area (Å²) in [5.74, 6) is 0.201. The van der Waals surface area contributed by atoms with E-state index in [1.165, 1.54) is 0 Å². The molecule has 0 aliphatic carbocycles. The molecule has 1 aromatic carbocycles. The Labute approximate surface area is 233 Å². The quantitative estimate of drug-likeness (QED) is 0.239. The van der Waals surface area contributed by atoms with Crippen LogP contribution in [0.2, 0.25) is 0 Å². The van der Waals surface area contributed by atoms with E-state index in [2.05, 4.69) is 16.0 Å². The van der Waals surface area contributed by atoms with Crippen LogP contribution in [0.5, 0.6) is 0 Å². The molecule has 0 saturated carbocycles. The van der Waals surface area contributed by atoms with Crippen LogP contribution in [0, 0.1) is 0 Å². The molecule has 3 rings (SSSR count). The van der Waals surface area contributed by atoms with Crippen molar-refractivity contribution in [1.29, 1.82) is 0 Å². The number of aliphatic hydroxyl groups is 1. The van der Waals surface area contributed by atoms with Crippen LogP contribution in [0.25, 0.3) is 0 Å². The highest BCUT2D eigenvalue weighted by Gasteiger charge is 2.42. The average Bonchev–Trinajstić information content (AvgIpc) is 3.38. The third-order valence-electron chi connectivity index (χ3n) is 6.84. The number of rotatable bonds is 11. The Bertz CT molecular complexity index is 962. The molecule has 4 N–H and O–H groups in total. The number of hydrogen-bond acceptors (Lipinski definition) is 7. The number of aliphatic hydroxyl groups excluding tert-OH is 1. The van der Waals surface area contributed by atoms with Gasteiger partial charge >= 0.3 is 0 Å². The summed E-state index contributed by atoms with van der Waals surface area (Å²) in [6.07, 6.45) is 4.54. The van der Waals surface area contributed by atoms with Crippen molar-refractivity contribution in [2.75, 3.05) is 24.7 Å². The first-order valence-corrected chi connectivity index (χ1v) is 15.8. The van der Waals surface area contributed by atoms with Gasteiger partial charge < -0.3 is 26.0 Å². The molecule has 0 aromatic heterocycles. The predicted octanol–water partition coefficient (Wildman–Crippen LogP) is 2.03. The number of unbranched alkanes of at least 4 members (excludes halogenated alkanes) is 2. The molecule has 38 heavy (non-hydrogen) atoms. The highest BCUT2D eigenvalue weighted by molar-refractivity contribution is 8.76. The van der Waals surface area contributed by atoms with Crippen LogP contribution < -0.4 is 16.0 Å². The molecular formula is C27H40N4O5S2. The van der Waals surface area contributed by atoms with Gasteiger partial charge in [0, 0.05) is 24.5 Å². The van der Waals surface area contributed by atoms with E-state index in [-0.39, 0.29) is 18.4 Å². The normalized spacial score (nSPS) is 24.1. The molecule has 2 aliphatic rings. The Morgan fingerprint density at radius 2 is 1.68 bits per heavy atom. The van der Waals surface area contributed by atoms with Gasteiger partial charge in [0.05, 0.1) is 6.61 Å². The van der Waals surface area contributed by atoms with Gasteiger partial charge in [0.2, 0.25) is 23.6 Å². The van der Waals surface area contributed by atoms with E-state index in [0.29, 0.717) is 38.0 Å². The van der Waals surface area contributed by atoms with Crippen molar-refractivity contribution in [3.05, 3.63) is 35.9 Å². The Kier molecular flexibility index (Phi) is 11.8. The van der Waals surface area contributed by atoms with Crippen molar-refractivity contribution in [3.8, 4) is 0 Å². The van der Waals surface area contributed by atoms with Gasteiger partial charge in [0.1, 0.15) is 23.7 Å². The van der Waals surface area contributed by atoms with Crippen LogP contribution in [0.15, 0.2) is 30.3 Å². The van der Waals surface area contributed by atoms with E-state index in [1.54, 1.807) is 40.3 Å². The van der Waals surface area contributed by atoms with E-state index in [0.717, 1.165) is 30.6 Å². The molecule has 0 radical (unpaired) electrons. The number of nitrogens with zero attached hydrogens (tertiary/aromatic N) is 1. The van der Waals surface area contributed by atoms with Crippen molar-refractivity contribution in [2.45, 2.75) is 82.5 Å². The molecule has 4 amide bonds. The summed E-state index contributed by atoms with van der Waals surface area (Å²) in [5.41, 5.74) is -0.384. The Morgan fingerprint density at radius 1 is 0.947 bits per heavy atom. The first-order chi connectivity index (χ1) is 18.2. The summed E-state index contributed by atoms with van der Waals surface area (Å²) in [6, 6.07) is 7.13. The number of carbonyl (C=O) groups excluding carboxylic acids is 4. The molecule has 3 atom stereocenters. The van der Waals surface area contributed by atoms with Gasteiger partial charge in [-0.25, -0.2) is 0 Å². The van der Waals surface area contributed by atoms with Gasteiger partial charge in [0.15, 0.2) is 0 Å². The van der Waals surface area contributed by atoms with E-state index in [4.69, 9.17) is 5.11 Å². The fourth-order valence-electron chi connectivity index (χ4n) is 4.72. The first kappa shape index (κ1) is 30.3. The summed E-state index contributed by atoms with van der Waals surface area (Å²) >= 11 is 0. The zero-order valence-electron chi connectivity index (χ0n) is 22.2. The molecule has 0 spiro atoms. The second kappa shape index (κ2) is 14.8. The lowest BCUT2D eigenvalue weighted by molar-refractivity contribution is -0.144. The van der Waals surface area contributed by atoms with Gasteiger partial charge in [-0.3, -0.25) is 19.2 Å². The van der Waals surface area contributed by atoms with Crippen molar-refractivity contribution >= 4 is 45.2 Å². The topological polar surface area (TPSA) is 128 Å². The first-order valence-electron chi connectivity index (χ1n) is 13.4. The molecular weight excluding hydrogens is 524 g/mol. The number of hydrogen-bond donors (Lipinski definition) is 4. The molecule has 1 aromatic rings. The molecule has 9 nitrogen and oxygen atoms in total. The van der Waals surface area contributed by atoms with Crippen LogP contribution in [0.1, 0.15) is 57.9 Å². The third kappa shape index (κ3) is 8.64. The number of carbonyl (C=O) groups is 4. The zero-order valence-corrected chi connectivity index (χ0v) is 23.9. The van der Waals surface area contributed by atoms with Crippen LogP contribution in [0.3, 0.4) is 0 Å². The monoisotopic (exact) mass is 564 g/mol. The van der Waals surface area contributed by atoms with Crippen molar-refractivity contribution in [3.63, 3.8) is 0 Å². The smallest absolute Gasteiger partial charge is 0.246 e. The molecule has 2 fully saturated rings. The van der Waals surface area contributed by atoms with E-state index in [9.17, 15) is 19.2 Å². The number of benzene rings is 1. The van der Waals surface area contributed by atoms with Crippen molar-refractivity contribution in [2.24, 2.45) is 0 Å². The fraction of sp³-hybridized carbons (Fsp3) is 0.630. The van der Waals surface area contributed by atoms with E-state index >= 15 is 0 Å². The van der Waals surface area contributed by atoms with Gasteiger partial charge in [0.25, 0.3) is 0 Å². The lowest BCUT2D eigenvalue weighted by Gasteiger charge is -2.34. The minimum absolute atomic E-state index is 0.167. The molecule has 2 heterocycles. The molecule has 2 saturated heterocycles. The molecule has 0 unspecified atom stereocenters.